The molecule has 0 spiro atoms. The van der Waals surface area contributed by atoms with Crippen molar-refractivity contribution in [3.05, 3.63) is 70.9 Å². The summed E-state index contributed by atoms with van der Waals surface area (Å²) >= 11 is 1.69. The molecule has 1 unspecified atom stereocenters. The second kappa shape index (κ2) is 11.2. The molecule has 1 fully saturated rings. The Kier molecular flexibility index (Phi) is 7.97. The molecule has 1 saturated heterocycles. The predicted molar refractivity (Wildman–Crippen MR) is 145 cm³/mol. The van der Waals surface area contributed by atoms with Crippen molar-refractivity contribution in [1.29, 1.82) is 0 Å². The van der Waals surface area contributed by atoms with E-state index in [0.717, 1.165) is 5.30 Å². The van der Waals surface area contributed by atoms with E-state index in [9.17, 15) is 18.0 Å². The van der Waals surface area contributed by atoms with Crippen LogP contribution in [0.15, 0.2) is 69.2 Å². The van der Waals surface area contributed by atoms with Gasteiger partial charge in [0.2, 0.25) is 0 Å². The normalized spacial score (nSPS) is 19.7. The Balaban J connectivity index is 1.75. The van der Waals surface area contributed by atoms with Crippen molar-refractivity contribution in [2.75, 3.05) is 40.5 Å². The lowest BCUT2D eigenvalue weighted by Gasteiger charge is -2.46. The molecule has 0 amide bonds. The van der Waals surface area contributed by atoms with Crippen LogP contribution in [0.3, 0.4) is 0 Å². The van der Waals surface area contributed by atoms with Gasteiger partial charge in [0.25, 0.3) is 5.76 Å². The Morgan fingerprint density at radius 2 is 1.84 bits per heavy atom. The highest BCUT2D eigenvalue weighted by Gasteiger charge is 2.43. The summed E-state index contributed by atoms with van der Waals surface area (Å²) < 4.78 is 59.8. The van der Waals surface area contributed by atoms with Crippen LogP contribution in [-0.4, -0.2) is 67.4 Å². The zero-order valence-electron chi connectivity index (χ0n) is 20.5. The minimum Gasteiger partial charge on any atom is -0.465 e. The zero-order valence-corrected chi connectivity index (χ0v) is 23.0. The molecule has 7 nitrogen and oxygen atoms in total. The van der Waals surface area contributed by atoms with Crippen LogP contribution in [0.4, 0.5) is 23.9 Å². The number of amidine groups is 1. The number of carbonyl (C=O) groups excluding carboxylic acids is 1. The van der Waals surface area contributed by atoms with Crippen LogP contribution in [0.1, 0.15) is 15.2 Å². The Bertz CT molecular complexity index is 1410. The maximum Gasteiger partial charge on any atom is 0.348 e. The smallest absolute Gasteiger partial charge is 0.348 e. The number of thiophene rings is 1. The average molecular weight is 581 g/mol. The molecule has 38 heavy (non-hydrogen) atoms. The number of rotatable bonds is 6. The lowest BCUT2D eigenvalue weighted by molar-refractivity contribution is 0.0606. The summed E-state index contributed by atoms with van der Waals surface area (Å²) in [6.07, 6.45) is 0. The fourth-order valence-corrected chi connectivity index (χ4v) is 9.92. The van der Waals surface area contributed by atoms with Gasteiger partial charge in [0.15, 0.2) is 7.36 Å². The van der Waals surface area contributed by atoms with Crippen molar-refractivity contribution in [3.8, 4) is 0 Å². The van der Waals surface area contributed by atoms with Gasteiger partial charge in [-0.05, 0) is 54.6 Å². The van der Waals surface area contributed by atoms with E-state index in [1.54, 1.807) is 42.5 Å². The highest BCUT2D eigenvalue weighted by molar-refractivity contribution is 7.99. The number of alkyl halides is 2. The van der Waals surface area contributed by atoms with E-state index in [1.807, 2.05) is 11.7 Å². The Labute approximate surface area is 226 Å². The molecule has 2 aliphatic rings. The van der Waals surface area contributed by atoms with Gasteiger partial charge in [-0.15, -0.1) is 11.3 Å². The molecule has 200 valence electrons. The van der Waals surface area contributed by atoms with E-state index < -0.39 is 19.1 Å². The number of methoxy groups -OCH3 is 1. The second-order valence-electron chi connectivity index (χ2n) is 8.37. The fraction of sp³-hybridized carbons (Fsp3) is 0.280. The monoisotopic (exact) mass is 580 g/mol. The highest BCUT2D eigenvalue weighted by Crippen LogP contribution is 2.62. The number of esters is 1. The number of fused-ring (bicyclic) bond motifs is 1. The van der Waals surface area contributed by atoms with Crippen molar-refractivity contribution in [3.63, 3.8) is 0 Å². The SMILES string of the molecule is COC(=O)c1cc2c(s1)N=C(c1ccc(F)cc1)N(C)P2(=Nc1ccc(SC(F)F)cc1)N1CCOCC1. The van der Waals surface area contributed by atoms with Crippen LogP contribution in [0.2, 0.25) is 0 Å². The van der Waals surface area contributed by atoms with E-state index in [1.165, 1.54) is 30.6 Å². The van der Waals surface area contributed by atoms with E-state index >= 15 is 0 Å². The number of ether oxygens (including phenoxy) is 2. The molecule has 1 aromatic heterocycles. The molecule has 0 aliphatic carbocycles. The van der Waals surface area contributed by atoms with Crippen LogP contribution in [-0.2, 0) is 9.47 Å². The van der Waals surface area contributed by atoms with Crippen LogP contribution in [0, 0.1) is 5.82 Å². The molecule has 13 heteroatoms. The van der Waals surface area contributed by atoms with Crippen LogP contribution >= 0.6 is 30.5 Å². The number of benzene rings is 2. The topological polar surface area (TPSA) is 66.7 Å². The summed E-state index contributed by atoms with van der Waals surface area (Å²) in [4.78, 5) is 18.3. The largest absolute Gasteiger partial charge is 0.465 e. The highest BCUT2D eigenvalue weighted by atomic mass is 32.2. The molecule has 3 aromatic rings. The number of halogens is 3. The third-order valence-electron chi connectivity index (χ3n) is 6.14. The Hall–Kier alpha value is -2.63. The van der Waals surface area contributed by atoms with Crippen molar-refractivity contribution in [2.45, 2.75) is 10.7 Å². The van der Waals surface area contributed by atoms with Crippen molar-refractivity contribution in [1.82, 2.24) is 9.34 Å². The third-order valence-corrected chi connectivity index (χ3v) is 11.7. The number of nitrogens with zero attached hydrogens (tertiary/aromatic N) is 4. The number of carbonyl (C=O) groups is 1. The first-order chi connectivity index (χ1) is 18.3. The summed E-state index contributed by atoms with van der Waals surface area (Å²) in [5.74, 6) is -2.77. The molecule has 1 atom stereocenters. The summed E-state index contributed by atoms with van der Waals surface area (Å²) in [5.41, 5.74) is 1.30. The fourth-order valence-electron chi connectivity index (χ4n) is 4.39. The Morgan fingerprint density at radius 1 is 1.16 bits per heavy atom. The van der Waals surface area contributed by atoms with Gasteiger partial charge in [0, 0.05) is 30.6 Å². The standard InChI is InChI=1S/C25H24F3N4O3PS2/c1-31-22(16-3-5-17(26)6-4-16)29-23-20(15-21(38-23)24(33)34-2)36(31,32-11-13-35-14-12-32)30-18-7-9-19(10-8-18)37-25(27)28/h3-10,15,25H,11-14H2,1-2H3. The van der Waals surface area contributed by atoms with Gasteiger partial charge in [0.05, 0.1) is 31.3 Å². The van der Waals surface area contributed by atoms with E-state index in [4.69, 9.17) is 19.2 Å². The summed E-state index contributed by atoms with van der Waals surface area (Å²) in [5, 5.41) is 1.42. The number of hydrogen-bond donors (Lipinski definition) is 0. The van der Waals surface area contributed by atoms with E-state index in [2.05, 4.69) is 4.67 Å². The van der Waals surface area contributed by atoms with E-state index in [0.29, 0.717) is 69.9 Å². The van der Waals surface area contributed by atoms with Gasteiger partial charge in [-0.25, -0.2) is 23.6 Å². The molecule has 3 heterocycles. The number of hydrogen-bond acceptors (Lipinski definition) is 7. The molecule has 0 radical (unpaired) electrons. The van der Waals surface area contributed by atoms with Gasteiger partial charge in [-0.2, -0.15) is 8.78 Å². The lowest BCUT2D eigenvalue weighted by atomic mass is 10.2. The number of morpholine rings is 1. The summed E-state index contributed by atoms with van der Waals surface area (Å²) in [6.45, 7) is 2.17. The number of aliphatic imine (C=N–C) groups is 1. The van der Waals surface area contributed by atoms with Gasteiger partial charge in [-0.3, -0.25) is 0 Å². The van der Waals surface area contributed by atoms with Crippen molar-refractivity contribution in [2.24, 2.45) is 9.74 Å². The summed E-state index contributed by atoms with van der Waals surface area (Å²) in [6, 6.07) is 14.6. The first-order valence-electron chi connectivity index (χ1n) is 11.6. The van der Waals surface area contributed by atoms with Gasteiger partial charge >= 0.3 is 5.97 Å². The second-order valence-corrected chi connectivity index (χ2v) is 13.4. The minimum atomic E-state index is -2.84. The first-order valence-corrected chi connectivity index (χ1v) is 15.0. The predicted octanol–water partition coefficient (Wildman–Crippen LogP) is 6.33. The Morgan fingerprint density at radius 3 is 2.47 bits per heavy atom. The van der Waals surface area contributed by atoms with Gasteiger partial charge < -0.3 is 14.1 Å². The molecule has 5 rings (SSSR count). The molecule has 0 saturated carbocycles. The molecule has 2 aliphatic heterocycles. The maximum atomic E-state index is 13.8. The van der Waals surface area contributed by atoms with Crippen molar-refractivity contribution < 1.29 is 27.4 Å². The molecular weight excluding hydrogens is 556 g/mol. The molecule has 0 bridgehead atoms. The lowest BCUT2D eigenvalue weighted by Crippen LogP contribution is -2.45. The van der Waals surface area contributed by atoms with Crippen LogP contribution in [0.25, 0.3) is 0 Å². The maximum absolute atomic E-state index is 13.8. The zero-order chi connectivity index (χ0) is 26.9. The van der Waals surface area contributed by atoms with Gasteiger partial charge in [-0.1, -0.05) is 11.8 Å². The number of thioether (sulfide) groups is 1. The van der Waals surface area contributed by atoms with Crippen molar-refractivity contribution >= 4 is 58.3 Å². The van der Waals surface area contributed by atoms with Gasteiger partial charge in [0.1, 0.15) is 21.5 Å². The van der Waals surface area contributed by atoms with Crippen LogP contribution in [0.5, 0.6) is 0 Å². The molecular formula is C25H24F3N4O3PS2. The van der Waals surface area contributed by atoms with Crippen LogP contribution < -0.4 is 5.30 Å². The molecule has 0 N–H and O–H groups in total. The first kappa shape index (κ1) is 27.0. The quantitative estimate of drug-likeness (QED) is 0.193. The summed E-state index contributed by atoms with van der Waals surface area (Å²) in [7, 11) is 0.385. The van der Waals surface area contributed by atoms with E-state index in [-0.39, 0.29) is 5.82 Å². The minimum absolute atomic E-state index is 0.363. The molecule has 2 aromatic carbocycles. The third kappa shape index (κ3) is 5.15. The average Bonchev–Trinajstić information content (AvgIpc) is 3.36.